The lowest BCUT2D eigenvalue weighted by Crippen LogP contribution is -2.29. The lowest BCUT2D eigenvalue weighted by Gasteiger charge is -2.12. The van der Waals surface area contributed by atoms with Crippen molar-refractivity contribution in [3.05, 3.63) is 97.4 Å². The third-order valence-corrected chi connectivity index (χ3v) is 4.69. The van der Waals surface area contributed by atoms with Crippen molar-refractivity contribution in [2.24, 2.45) is 12.1 Å². The number of hydrogen-bond acceptors (Lipinski definition) is 7. The second kappa shape index (κ2) is 10.2. The van der Waals surface area contributed by atoms with E-state index in [0.717, 1.165) is 11.1 Å². The van der Waals surface area contributed by atoms with Crippen LogP contribution in [0.2, 0.25) is 0 Å². The molecule has 0 bridgehead atoms. The molecule has 0 aliphatic carbocycles. The van der Waals surface area contributed by atoms with Gasteiger partial charge in [0.05, 0.1) is 18.2 Å². The minimum absolute atomic E-state index is 0.0158. The zero-order valence-corrected chi connectivity index (χ0v) is 18.3. The van der Waals surface area contributed by atoms with Gasteiger partial charge in [0.1, 0.15) is 12.2 Å². The number of benzene rings is 2. The van der Waals surface area contributed by atoms with E-state index < -0.39 is 16.4 Å². The SMILES string of the molecule is COc1cc(/C=N\NC(=O)c2cccn(C)c2=O)cc([N+](=O)[O-])c1OCc1cccc(C)c1. The number of methoxy groups -OCH3 is 1. The molecule has 0 aliphatic heterocycles. The van der Waals surface area contributed by atoms with Gasteiger partial charge < -0.3 is 14.0 Å². The van der Waals surface area contributed by atoms with Crippen molar-refractivity contribution in [3.8, 4) is 11.5 Å². The van der Waals surface area contributed by atoms with E-state index in [1.807, 2.05) is 31.2 Å². The molecule has 0 spiro atoms. The Balaban J connectivity index is 1.82. The maximum Gasteiger partial charge on any atom is 0.315 e. The molecule has 3 aromatic rings. The lowest BCUT2D eigenvalue weighted by molar-refractivity contribution is -0.386. The molecule has 0 radical (unpaired) electrons. The monoisotopic (exact) mass is 450 g/mol. The van der Waals surface area contributed by atoms with E-state index >= 15 is 0 Å². The summed E-state index contributed by atoms with van der Waals surface area (Å²) in [4.78, 5) is 35.3. The maximum absolute atomic E-state index is 12.2. The van der Waals surface area contributed by atoms with Crippen LogP contribution in [0.1, 0.15) is 27.0 Å². The third kappa shape index (κ3) is 5.62. The number of rotatable bonds is 8. The minimum atomic E-state index is -0.702. The van der Waals surface area contributed by atoms with Crippen LogP contribution in [0.25, 0.3) is 0 Å². The summed E-state index contributed by atoms with van der Waals surface area (Å²) < 4.78 is 12.3. The summed E-state index contributed by atoms with van der Waals surface area (Å²) in [5, 5.41) is 15.5. The number of ether oxygens (including phenoxy) is 2. The van der Waals surface area contributed by atoms with Crippen molar-refractivity contribution < 1.29 is 19.2 Å². The smallest absolute Gasteiger partial charge is 0.315 e. The molecule has 33 heavy (non-hydrogen) atoms. The van der Waals surface area contributed by atoms with Crippen LogP contribution in [-0.4, -0.2) is 28.7 Å². The van der Waals surface area contributed by atoms with Crippen molar-refractivity contribution in [2.45, 2.75) is 13.5 Å². The van der Waals surface area contributed by atoms with Gasteiger partial charge in [-0.25, -0.2) is 5.43 Å². The summed E-state index contributed by atoms with van der Waals surface area (Å²) in [5.74, 6) is -0.577. The standard InChI is InChI=1S/C23H22N4O6/c1-15-6-4-7-16(10-15)14-33-21-19(27(30)31)11-17(12-20(21)32-3)13-24-25-22(28)18-8-5-9-26(2)23(18)29/h4-13H,14H2,1-3H3,(H,25,28)/b24-13-. The van der Waals surface area contributed by atoms with E-state index in [4.69, 9.17) is 9.47 Å². The maximum atomic E-state index is 12.2. The summed E-state index contributed by atoms with van der Waals surface area (Å²) in [5.41, 5.74) is 3.56. The summed E-state index contributed by atoms with van der Waals surface area (Å²) in [6, 6.07) is 13.3. The quantitative estimate of drug-likeness (QED) is 0.320. The molecular weight excluding hydrogens is 428 g/mol. The van der Waals surface area contributed by atoms with E-state index in [9.17, 15) is 19.7 Å². The van der Waals surface area contributed by atoms with Crippen LogP contribution < -0.4 is 20.5 Å². The Morgan fingerprint density at radius 3 is 2.73 bits per heavy atom. The molecule has 10 heteroatoms. The van der Waals surface area contributed by atoms with Gasteiger partial charge in [-0.3, -0.25) is 19.7 Å². The molecule has 0 aliphatic rings. The molecule has 1 N–H and O–H groups in total. The molecule has 3 rings (SSSR count). The molecule has 0 atom stereocenters. The highest BCUT2D eigenvalue weighted by Gasteiger charge is 2.22. The number of amides is 1. The average molecular weight is 450 g/mol. The number of hydrazone groups is 1. The molecule has 0 saturated heterocycles. The fraction of sp³-hybridized carbons (Fsp3) is 0.174. The van der Waals surface area contributed by atoms with Crippen LogP contribution in [0.5, 0.6) is 11.5 Å². The fourth-order valence-electron chi connectivity index (χ4n) is 3.07. The molecule has 1 heterocycles. The highest BCUT2D eigenvalue weighted by molar-refractivity contribution is 5.94. The second-order valence-corrected chi connectivity index (χ2v) is 7.14. The molecule has 1 aromatic heterocycles. The molecular formula is C23H22N4O6. The van der Waals surface area contributed by atoms with Gasteiger partial charge in [0.25, 0.3) is 11.5 Å². The number of aryl methyl sites for hydroxylation is 2. The van der Waals surface area contributed by atoms with Gasteiger partial charge in [0.15, 0.2) is 5.75 Å². The molecule has 0 unspecified atom stereocenters. The van der Waals surface area contributed by atoms with E-state index in [-0.39, 0.29) is 29.4 Å². The molecule has 2 aromatic carbocycles. The van der Waals surface area contributed by atoms with Crippen LogP contribution in [0.15, 0.2) is 64.6 Å². The third-order valence-electron chi connectivity index (χ3n) is 4.69. The first-order valence-electron chi connectivity index (χ1n) is 9.84. The van der Waals surface area contributed by atoms with E-state index in [1.165, 1.54) is 49.3 Å². The second-order valence-electron chi connectivity index (χ2n) is 7.14. The lowest BCUT2D eigenvalue weighted by atomic mass is 10.1. The van der Waals surface area contributed by atoms with Crippen molar-refractivity contribution in [2.75, 3.05) is 7.11 Å². The van der Waals surface area contributed by atoms with Crippen molar-refractivity contribution in [1.29, 1.82) is 0 Å². The van der Waals surface area contributed by atoms with E-state index in [1.54, 1.807) is 6.07 Å². The first kappa shape index (κ1) is 23.2. The number of nitrogens with one attached hydrogen (secondary N) is 1. The number of nitrogens with zero attached hydrogens (tertiary/aromatic N) is 3. The van der Waals surface area contributed by atoms with Crippen LogP contribution in [0.3, 0.4) is 0 Å². The average Bonchev–Trinajstić information content (AvgIpc) is 2.79. The molecule has 0 saturated carbocycles. The van der Waals surface area contributed by atoms with Crippen LogP contribution >= 0.6 is 0 Å². The van der Waals surface area contributed by atoms with Gasteiger partial charge in [-0.05, 0) is 30.7 Å². The largest absolute Gasteiger partial charge is 0.493 e. The topological polar surface area (TPSA) is 125 Å². The molecule has 10 nitrogen and oxygen atoms in total. The summed E-state index contributed by atoms with van der Waals surface area (Å²) >= 11 is 0. The predicted molar refractivity (Wildman–Crippen MR) is 122 cm³/mol. The Kier molecular flexibility index (Phi) is 7.19. The number of carbonyl (C=O) groups is 1. The zero-order chi connectivity index (χ0) is 24.0. The van der Waals surface area contributed by atoms with Gasteiger partial charge in [0, 0.05) is 24.9 Å². The van der Waals surface area contributed by atoms with Crippen LogP contribution in [0.4, 0.5) is 5.69 Å². The zero-order valence-electron chi connectivity index (χ0n) is 18.3. The Morgan fingerprint density at radius 1 is 1.24 bits per heavy atom. The van der Waals surface area contributed by atoms with Gasteiger partial charge in [-0.2, -0.15) is 5.10 Å². The summed E-state index contributed by atoms with van der Waals surface area (Å²) in [7, 11) is 2.89. The van der Waals surface area contributed by atoms with Crippen molar-refractivity contribution in [3.63, 3.8) is 0 Å². The van der Waals surface area contributed by atoms with Gasteiger partial charge in [-0.1, -0.05) is 29.8 Å². The first-order valence-corrected chi connectivity index (χ1v) is 9.84. The Hall–Kier alpha value is -4.47. The normalized spacial score (nSPS) is 10.8. The molecule has 0 fully saturated rings. The number of hydrogen-bond donors (Lipinski definition) is 1. The molecule has 170 valence electrons. The molecule has 1 amide bonds. The Bertz CT molecular complexity index is 1280. The Morgan fingerprint density at radius 2 is 2.03 bits per heavy atom. The van der Waals surface area contributed by atoms with Crippen molar-refractivity contribution >= 4 is 17.8 Å². The highest BCUT2D eigenvalue weighted by Crippen LogP contribution is 2.38. The van der Waals surface area contributed by atoms with Crippen LogP contribution in [0, 0.1) is 17.0 Å². The van der Waals surface area contributed by atoms with Gasteiger partial charge in [-0.15, -0.1) is 0 Å². The van der Waals surface area contributed by atoms with Gasteiger partial charge in [0.2, 0.25) is 5.75 Å². The minimum Gasteiger partial charge on any atom is -0.493 e. The Labute approximate surface area is 189 Å². The first-order chi connectivity index (χ1) is 15.8. The highest BCUT2D eigenvalue weighted by atomic mass is 16.6. The summed E-state index contributed by atoms with van der Waals surface area (Å²) in [6.45, 7) is 2.06. The van der Waals surface area contributed by atoms with Crippen molar-refractivity contribution in [1.82, 2.24) is 9.99 Å². The number of nitro benzene ring substituents is 1. The predicted octanol–water partition coefficient (Wildman–Crippen LogP) is 2.95. The summed E-state index contributed by atoms with van der Waals surface area (Å²) in [6.07, 6.45) is 2.74. The fourth-order valence-corrected chi connectivity index (χ4v) is 3.07. The van der Waals surface area contributed by atoms with Gasteiger partial charge >= 0.3 is 5.69 Å². The number of carbonyl (C=O) groups excluding carboxylic acids is 1. The number of pyridine rings is 1. The van der Waals surface area contributed by atoms with E-state index in [0.29, 0.717) is 5.56 Å². The van der Waals surface area contributed by atoms with Crippen LogP contribution in [-0.2, 0) is 13.7 Å². The number of nitro groups is 1. The number of aromatic nitrogens is 1. The van der Waals surface area contributed by atoms with E-state index in [2.05, 4.69) is 10.5 Å².